The molecule has 2 aliphatic heterocycles. The Morgan fingerprint density at radius 3 is 2.78 bits per heavy atom. The van der Waals surface area contributed by atoms with Crippen LogP contribution in [0.5, 0.6) is 0 Å². The van der Waals surface area contributed by atoms with Gasteiger partial charge in [0.2, 0.25) is 11.8 Å². The minimum absolute atomic E-state index is 0.0556. The monoisotopic (exact) mass is 334 g/mol. The molecule has 0 radical (unpaired) electrons. The van der Waals surface area contributed by atoms with Gasteiger partial charge in [0.05, 0.1) is 5.88 Å². The molecule has 6 heteroatoms. The second-order valence-corrected chi connectivity index (χ2v) is 6.74. The van der Waals surface area contributed by atoms with Crippen molar-refractivity contribution in [1.82, 2.24) is 9.80 Å². The maximum atomic E-state index is 13.2. The van der Waals surface area contributed by atoms with Gasteiger partial charge in [0.1, 0.15) is 11.9 Å². The zero-order chi connectivity index (χ0) is 16.2. The molecule has 23 heavy (non-hydrogen) atoms. The Balaban J connectivity index is 1.67. The van der Waals surface area contributed by atoms with E-state index in [-0.39, 0.29) is 23.7 Å². The summed E-state index contributed by atoms with van der Waals surface area (Å²) in [4.78, 5) is 28.4. The van der Waals surface area contributed by atoms with Crippen molar-refractivity contribution in [3.8, 4) is 0 Å². The van der Waals surface area contributed by atoms with Crippen LogP contribution in [0.1, 0.15) is 18.4 Å². The number of carbonyl (C=O) groups is 2. The van der Waals surface area contributed by atoms with Crippen molar-refractivity contribution in [1.29, 1.82) is 0 Å². The number of thioether (sulfide) groups is 1. The van der Waals surface area contributed by atoms with E-state index >= 15 is 0 Å². The van der Waals surface area contributed by atoms with Gasteiger partial charge in [-0.25, -0.2) is 4.39 Å². The first kappa shape index (κ1) is 16.1. The summed E-state index contributed by atoms with van der Waals surface area (Å²) in [5, 5.41) is 0. The molecule has 0 aliphatic carbocycles. The summed E-state index contributed by atoms with van der Waals surface area (Å²) in [5.41, 5.74) is 0.632. The van der Waals surface area contributed by atoms with E-state index < -0.39 is 0 Å². The van der Waals surface area contributed by atoms with E-state index in [4.69, 9.17) is 0 Å². The number of carbonyl (C=O) groups excluding carboxylic acids is 2. The van der Waals surface area contributed by atoms with Crippen LogP contribution in [0.15, 0.2) is 30.3 Å². The molecule has 2 heterocycles. The van der Waals surface area contributed by atoms with Crippen molar-refractivity contribution in [3.63, 3.8) is 0 Å². The van der Waals surface area contributed by atoms with Crippen LogP contribution in [-0.2, 0) is 9.59 Å². The lowest BCUT2D eigenvalue weighted by atomic mass is 10.2. The van der Waals surface area contributed by atoms with Crippen LogP contribution in [0.25, 0.3) is 6.08 Å². The molecule has 2 saturated heterocycles. The molecule has 0 bridgehead atoms. The molecule has 122 valence electrons. The number of hydrogen-bond donors (Lipinski definition) is 0. The van der Waals surface area contributed by atoms with E-state index in [1.165, 1.54) is 18.2 Å². The Bertz CT molecular complexity index is 629. The van der Waals surface area contributed by atoms with Crippen molar-refractivity contribution in [2.45, 2.75) is 18.9 Å². The van der Waals surface area contributed by atoms with Crippen molar-refractivity contribution in [2.24, 2.45) is 0 Å². The number of halogens is 1. The van der Waals surface area contributed by atoms with Crippen molar-refractivity contribution in [3.05, 3.63) is 41.7 Å². The van der Waals surface area contributed by atoms with Gasteiger partial charge < -0.3 is 9.80 Å². The molecule has 0 saturated carbocycles. The predicted octanol–water partition coefficient (Wildman–Crippen LogP) is 2.36. The van der Waals surface area contributed by atoms with E-state index in [1.54, 1.807) is 34.9 Å². The largest absolute Gasteiger partial charge is 0.341 e. The van der Waals surface area contributed by atoms with E-state index in [0.717, 1.165) is 25.9 Å². The van der Waals surface area contributed by atoms with E-state index in [0.29, 0.717) is 17.2 Å². The lowest BCUT2D eigenvalue weighted by Crippen LogP contribution is -2.47. The van der Waals surface area contributed by atoms with Gasteiger partial charge in [0, 0.05) is 24.9 Å². The van der Waals surface area contributed by atoms with Crippen molar-refractivity contribution < 1.29 is 14.0 Å². The van der Waals surface area contributed by atoms with E-state index in [2.05, 4.69) is 0 Å². The first-order valence-electron chi connectivity index (χ1n) is 7.76. The summed E-state index contributed by atoms with van der Waals surface area (Å²) in [6, 6.07) is 5.70. The number of rotatable bonds is 3. The molecular weight excluding hydrogens is 315 g/mol. The zero-order valence-electron chi connectivity index (χ0n) is 12.8. The molecule has 0 N–H and O–H groups in total. The smallest absolute Gasteiger partial charge is 0.247 e. The lowest BCUT2D eigenvalue weighted by Gasteiger charge is -2.26. The maximum Gasteiger partial charge on any atom is 0.247 e. The van der Waals surface area contributed by atoms with Crippen LogP contribution in [0.4, 0.5) is 4.39 Å². The molecule has 2 aliphatic rings. The number of likely N-dealkylation sites (tertiary alicyclic amines) is 1. The third kappa shape index (κ3) is 3.75. The second-order valence-electron chi connectivity index (χ2n) is 5.74. The average molecular weight is 334 g/mol. The third-order valence-corrected chi connectivity index (χ3v) is 5.15. The number of nitrogens with zero attached hydrogens (tertiary/aromatic N) is 2. The fraction of sp³-hybridized carbons (Fsp3) is 0.412. The topological polar surface area (TPSA) is 40.6 Å². The van der Waals surface area contributed by atoms with Crippen LogP contribution in [0.3, 0.4) is 0 Å². The zero-order valence-corrected chi connectivity index (χ0v) is 13.6. The van der Waals surface area contributed by atoms with Gasteiger partial charge >= 0.3 is 0 Å². The fourth-order valence-corrected chi connectivity index (χ4v) is 4.04. The average Bonchev–Trinajstić information content (AvgIpc) is 3.23. The molecule has 1 atom stereocenters. The van der Waals surface area contributed by atoms with Gasteiger partial charge in [0.25, 0.3) is 0 Å². The number of hydrogen-bond acceptors (Lipinski definition) is 3. The SMILES string of the molecule is O=C(C1CSCN1C(=O)/C=C/c1cccc(F)c1)N1CCCC1. The van der Waals surface area contributed by atoms with Crippen LogP contribution in [-0.4, -0.2) is 52.4 Å². The fourth-order valence-electron chi connectivity index (χ4n) is 2.89. The van der Waals surface area contributed by atoms with Gasteiger partial charge in [-0.15, -0.1) is 11.8 Å². The highest BCUT2D eigenvalue weighted by Gasteiger charge is 2.36. The molecule has 1 unspecified atom stereocenters. The van der Waals surface area contributed by atoms with Gasteiger partial charge in [-0.1, -0.05) is 12.1 Å². The standard InChI is InChI=1S/C17H19FN2O2S/c18-14-5-3-4-13(10-14)6-7-16(21)20-12-23-11-15(20)17(22)19-8-1-2-9-19/h3-7,10,15H,1-2,8-9,11-12H2/b7-6+. The molecule has 4 nitrogen and oxygen atoms in total. The number of benzene rings is 1. The Morgan fingerprint density at radius 1 is 1.26 bits per heavy atom. The van der Waals surface area contributed by atoms with Crippen molar-refractivity contribution >= 4 is 29.7 Å². The minimum atomic E-state index is -0.372. The Labute approximate surface area is 139 Å². The Morgan fingerprint density at radius 2 is 2.04 bits per heavy atom. The summed E-state index contributed by atoms with van der Waals surface area (Å²) >= 11 is 1.59. The molecular formula is C17H19FN2O2S. The quantitative estimate of drug-likeness (QED) is 0.797. The summed E-state index contributed by atoms with van der Waals surface area (Å²) in [6.07, 6.45) is 5.09. The Kier molecular flexibility index (Phi) is 5.00. The van der Waals surface area contributed by atoms with E-state index in [9.17, 15) is 14.0 Å². The molecule has 0 spiro atoms. The highest BCUT2D eigenvalue weighted by Crippen LogP contribution is 2.24. The second kappa shape index (κ2) is 7.17. The highest BCUT2D eigenvalue weighted by atomic mass is 32.2. The van der Waals surface area contributed by atoms with E-state index in [1.807, 2.05) is 4.90 Å². The number of amides is 2. The molecule has 1 aromatic carbocycles. The molecule has 3 rings (SSSR count). The first-order valence-corrected chi connectivity index (χ1v) is 8.91. The highest BCUT2D eigenvalue weighted by molar-refractivity contribution is 7.99. The predicted molar refractivity (Wildman–Crippen MR) is 89.2 cm³/mol. The third-order valence-electron chi connectivity index (χ3n) is 4.14. The van der Waals surface area contributed by atoms with Gasteiger partial charge in [-0.2, -0.15) is 0 Å². The van der Waals surface area contributed by atoms with Gasteiger partial charge in [0.15, 0.2) is 0 Å². The molecule has 2 fully saturated rings. The van der Waals surface area contributed by atoms with Crippen molar-refractivity contribution in [2.75, 3.05) is 24.7 Å². The lowest BCUT2D eigenvalue weighted by molar-refractivity contribution is -0.140. The Hall–Kier alpha value is -1.82. The van der Waals surface area contributed by atoms with Crippen LogP contribution in [0.2, 0.25) is 0 Å². The van der Waals surface area contributed by atoms with Crippen LogP contribution in [0, 0.1) is 5.82 Å². The molecule has 0 aromatic heterocycles. The molecule has 2 amide bonds. The van der Waals surface area contributed by atoms with Gasteiger partial charge in [-0.3, -0.25) is 9.59 Å². The van der Waals surface area contributed by atoms with Crippen LogP contribution >= 0.6 is 11.8 Å². The minimum Gasteiger partial charge on any atom is -0.341 e. The molecule has 1 aromatic rings. The normalized spacial score (nSPS) is 21.3. The van der Waals surface area contributed by atoms with Crippen LogP contribution < -0.4 is 0 Å². The summed E-state index contributed by atoms with van der Waals surface area (Å²) in [6.45, 7) is 1.59. The summed E-state index contributed by atoms with van der Waals surface area (Å²) in [5.74, 6) is 0.695. The summed E-state index contributed by atoms with van der Waals surface area (Å²) < 4.78 is 13.2. The maximum absolute atomic E-state index is 13.2. The summed E-state index contributed by atoms with van der Waals surface area (Å²) in [7, 11) is 0. The van der Waals surface area contributed by atoms with Gasteiger partial charge in [-0.05, 0) is 36.6 Å². The first-order chi connectivity index (χ1) is 11.1.